The smallest absolute Gasteiger partial charge is 0.384 e. The topological polar surface area (TPSA) is 67.2 Å². The van der Waals surface area contributed by atoms with Gasteiger partial charge in [0, 0.05) is 36.2 Å². The van der Waals surface area contributed by atoms with Crippen molar-refractivity contribution in [3.05, 3.63) is 27.8 Å². The Labute approximate surface area is 117 Å². The highest BCUT2D eigenvalue weighted by atomic mass is 32.2. The van der Waals surface area contributed by atoms with Crippen LogP contribution in [0.4, 0.5) is 30.2 Å². The van der Waals surface area contributed by atoms with Crippen molar-refractivity contribution >= 4 is 28.8 Å². The first-order valence-corrected chi connectivity index (χ1v) is 6.86. The molecule has 2 rings (SSSR count). The minimum absolute atomic E-state index is 0.0153. The number of anilines is 2. The molecule has 1 aromatic rings. The summed E-state index contributed by atoms with van der Waals surface area (Å²) in [5.41, 5.74) is -2.52. The lowest BCUT2D eigenvalue weighted by molar-refractivity contribution is -0.384. The van der Waals surface area contributed by atoms with E-state index in [1.54, 1.807) is 6.07 Å². The van der Waals surface area contributed by atoms with Gasteiger partial charge in [0.1, 0.15) is 5.69 Å². The van der Waals surface area contributed by atoms with Gasteiger partial charge < -0.3 is 10.6 Å². The fourth-order valence-electron chi connectivity index (χ4n) is 2.08. The summed E-state index contributed by atoms with van der Waals surface area (Å²) < 4.78 is 36.1. The number of thioether (sulfide) groups is 1. The number of nitro groups is 1. The van der Waals surface area contributed by atoms with Crippen LogP contribution in [0.3, 0.4) is 0 Å². The van der Waals surface area contributed by atoms with Crippen LogP contribution in [-0.2, 0) is 6.42 Å². The Balaban J connectivity index is 2.10. The van der Waals surface area contributed by atoms with Crippen molar-refractivity contribution in [2.75, 3.05) is 29.5 Å². The minimum atomic E-state index is -4.28. The Morgan fingerprint density at radius 1 is 1.45 bits per heavy atom. The minimum Gasteiger partial charge on any atom is -0.384 e. The lowest BCUT2D eigenvalue weighted by Gasteiger charge is -2.12. The van der Waals surface area contributed by atoms with Crippen LogP contribution in [0.1, 0.15) is 5.56 Å². The fraction of sp³-hybridized carbons (Fsp3) is 0.455. The van der Waals surface area contributed by atoms with Crippen LogP contribution < -0.4 is 10.6 Å². The zero-order chi connectivity index (χ0) is 14.8. The highest BCUT2D eigenvalue weighted by molar-refractivity contribution is 8.00. The van der Waals surface area contributed by atoms with E-state index in [2.05, 4.69) is 10.6 Å². The second kappa shape index (κ2) is 5.78. The number of nitrogens with zero attached hydrogens (tertiary/aromatic N) is 1. The molecule has 1 aliphatic heterocycles. The summed E-state index contributed by atoms with van der Waals surface area (Å²) in [5, 5.41) is 16.8. The van der Waals surface area contributed by atoms with Crippen LogP contribution in [-0.4, -0.2) is 29.3 Å². The number of hydrogen-bond acceptors (Lipinski definition) is 5. The molecule has 0 bridgehead atoms. The van der Waals surface area contributed by atoms with Crippen LogP contribution in [0.15, 0.2) is 12.1 Å². The van der Waals surface area contributed by atoms with Crippen molar-refractivity contribution in [1.82, 2.24) is 0 Å². The first kappa shape index (κ1) is 14.8. The highest BCUT2D eigenvalue weighted by Crippen LogP contribution is 2.37. The van der Waals surface area contributed by atoms with E-state index in [0.717, 1.165) is 11.3 Å². The average molecular weight is 307 g/mol. The maximum absolute atomic E-state index is 12.0. The molecule has 0 atom stereocenters. The largest absolute Gasteiger partial charge is 0.441 e. The Morgan fingerprint density at radius 2 is 2.20 bits per heavy atom. The predicted molar refractivity (Wildman–Crippen MR) is 72.3 cm³/mol. The molecule has 5 nitrogen and oxygen atoms in total. The Kier molecular flexibility index (Phi) is 4.26. The van der Waals surface area contributed by atoms with Gasteiger partial charge in [-0.25, -0.2) is 0 Å². The van der Waals surface area contributed by atoms with E-state index in [1.165, 1.54) is 6.07 Å². The molecule has 0 radical (unpaired) electrons. The van der Waals surface area contributed by atoms with E-state index in [-0.39, 0.29) is 29.7 Å². The number of rotatable bonds is 5. The van der Waals surface area contributed by atoms with E-state index in [9.17, 15) is 23.3 Å². The first-order valence-electron chi connectivity index (χ1n) is 5.87. The number of fused-ring (bicyclic) bond motifs is 1. The van der Waals surface area contributed by atoms with Crippen LogP contribution in [0.25, 0.3) is 0 Å². The molecule has 9 heteroatoms. The number of nitro benzene ring substituents is 1. The van der Waals surface area contributed by atoms with E-state index in [1.807, 2.05) is 0 Å². The molecule has 0 saturated heterocycles. The number of halogens is 3. The quantitative estimate of drug-likeness (QED) is 0.496. The molecule has 110 valence electrons. The molecule has 2 N–H and O–H groups in total. The van der Waals surface area contributed by atoms with Crippen LogP contribution in [0.5, 0.6) is 0 Å². The third kappa shape index (κ3) is 3.47. The molecule has 20 heavy (non-hydrogen) atoms. The molecule has 0 fully saturated rings. The van der Waals surface area contributed by atoms with Gasteiger partial charge >= 0.3 is 5.51 Å². The summed E-state index contributed by atoms with van der Waals surface area (Å²) in [5.74, 6) is -0.197. The van der Waals surface area contributed by atoms with Gasteiger partial charge in [0.25, 0.3) is 5.69 Å². The molecule has 0 spiro atoms. The summed E-state index contributed by atoms with van der Waals surface area (Å²) in [6, 6.07) is 2.98. The lowest BCUT2D eigenvalue weighted by atomic mass is 10.1. The molecule has 1 aromatic carbocycles. The summed E-state index contributed by atoms with van der Waals surface area (Å²) >= 11 is -0.148. The van der Waals surface area contributed by atoms with E-state index in [0.29, 0.717) is 18.7 Å². The summed E-state index contributed by atoms with van der Waals surface area (Å²) in [6.07, 6.45) is 0.617. The van der Waals surface area contributed by atoms with Crippen molar-refractivity contribution in [2.45, 2.75) is 11.9 Å². The SMILES string of the molecule is O=[N+]([O-])c1ccc2c(c1NCCSC(F)(F)F)CCN2. The molecule has 0 aliphatic carbocycles. The Hall–Kier alpha value is -1.64. The standard InChI is InChI=1S/C11H12F3N3O2S/c12-11(13,14)20-6-5-16-10-7-3-4-15-8(7)1-2-9(10)17(18)19/h1-2,15-16H,3-6H2. The molecule has 0 amide bonds. The summed E-state index contributed by atoms with van der Waals surface area (Å²) in [7, 11) is 0. The molecule has 1 aliphatic rings. The first-order chi connectivity index (χ1) is 9.38. The predicted octanol–water partition coefficient (Wildman–Crippen LogP) is 3.23. The summed E-state index contributed by atoms with van der Waals surface area (Å²) in [6.45, 7) is 0.684. The zero-order valence-corrected chi connectivity index (χ0v) is 11.1. The van der Waals surface area contributed by atoms with Gasteiger partial charge in [-0.05, 0) is 24.2 Å². The fourth-order valence-corrected chi connectivity index (χ4v) is 2.51. The van der Waals surface area contributed by atoms with Gasteiger partial charge in [0.15, 0.2) is 0 Å². The van der Waals surface area contributed by atoms with Crippen molar-refractivity contribution in [2.24, 2.45) is 0 Å². The molecule has 0 unspecified atom stereocenters. The molecular formula is C11H12F3N3O2S. The van der Waals surface area contributed by atoms with Crippen LogP contribution >= 0.6 is 11.8 Å². The molecule has 1 heterocycles. The Morgan fingerprint density at radius 3 is 2.85 bits per heavy atom. The van der Waals surface area contributed by atoms with Crippen molar-refractivity contribution < 1.29 is 18.1 Å². The zero-order valence-electron chi connectivity index (χ0n) is 10.3. The van der Waals surface area contributed by atoms with Crippen molar-refractivity contribution in [1.29, 1.82) is 0 Å². The van der Waals surface area contributed by atoms with E-state index < -0.39 is 10.4 Å². The van der Waals surface area contributed by atoms with Gasteiger partial charge in [-0.3, -0.25) is 10.1 Å². The molecule has 0 saturated carbocycles. The number of alkyl halides is 3. The monoisotopic (exact) mass is 307 g/mol. The van der Waals surface area contributed by atoms with Crippen molar-refractivity contribution in [3.8, 4) is 0 Å². The third-order valence-corrected chi connectivity index (χ3v) is 3.58. The average Bonchev–Trinajstić information content (AvgIpc) is 2.81. The maximum Gasteiger partial charge on any atom is 0.441 e. The van der Waals surface area contributed by atoms with Crippen LogP contribution in [0, 0.1) is 10.1 Å². The van der Waals surface area contributed by atoms with Gasteiger partial charge in [-0.2, -0.15) is 13.2 Å². The maximum atomic E-state index is 12.0. The lowest BCUT2D eigenvalue weighted by Crippen LogP contribution is -2.11. The summed E-state index contributed by atoms with van der Waals surface area (Å²) in [4.78, 5) is 10.4. The third-order valence-electron chi connectivity index (χ3n) is 2.85. The van der Waals surface area contributed by atoms with Gasteiger partial charge in [0.05, 0.1) is 4.92 Å². The number of nitrogens with one attached hydrogen (secondary N) is 2. The van der Waals surface area contributed by atoms with Gasteiger partial charge in [-0.1, -0.05) is 0 Å². The van der Waals surface area contributed by atoms with Gasteiger partial charge in [0.2, 0.25) is 0 Å². The van der Waals surface area contributed by atoms with Gasteiger partial charge in [-0.15, -0.1) is 0 Å². The normalized spacial score (nSPS) is 13.8. The molecular weight excluding hydrogens is 295 g/mol. The van der Waals surface area contributed by atoms with E-state index >= 15 is 0 Å². The van der Waals surface area contributed by atoms with Crippen LogP contribution in [0.2, 0.25) is 0 Å². The molecule has 0 aromatic heterocycles. The Bertz CT molecular complexity index is 522. The second-order valence-electron chi connectivity index (χ2n) is 4.14. The second-order valence-corrected chi connectivity index (χ2v) is 5.30. The van der Waals surface area contributed by atoms with E-state index in [4.69, 9.17) is 0 Å². The highest BCUT2D eigenvalue weighted by Gasteiger charge is 2.28. The number of hydrogen-bond donors (Lipinski definition) is 2. The number of benzene rings is 1. The van der Waals surface area contributed by atoms with Crippen molar-refractivity contribution in [3.63, 3.8) is 0 Å².